The number of methoxy groups -OCH3 is 1. The topological polar surface area (TPSA) is 79.5 Å². The smallest absolute Gasteiger partial charge is 0.341 e. The Morgan fingerprint density at radius 3 is 2.30 bits per heavy atom. The van der Waals surface area contributed by atoms with Crippen LogP contribution in [0.4, 0.5) is 16.4 Å². The Bertz CT molecular complexity index is 1510. The molecule has 1 amide bonds. The van der Waals surface area contributed by atoms with Gasteiger partial charge in [-0.25, -0.2) is 4.79 Å². The van der Waals surface area contributed by atoms with E-state index in [2.05, 4.69) is 16.0 Å². The minimum Gasteiger partial charge on any atom is -0.465 e. The number of nitrogens with one attached hydrogen (secondary N) is 3. The monoisotopic (exact) mass is 587 g/mol. The molecule has 4 aromatic rings. The lowest BCUT2D eigenvalue weighted by molar-refractivity contribution is -0.115. The van der Waals surface area contributed by atoms with E-state index in [-0.39, 0.29) is 5.91 Å². The summed E-state index contributed by atoms with van der Waals surface area (Å²) in [6.07, 6.45) is 3.85. The van der Waals surface area contributed by atoms with Crippen molar-refractivity contribution in [3.8, 4) is 0 Å². The van der Waals surface area contributed by atoms with Gasteiger partial charge in [0.15, 0.2) is 5.11 Å². The first-order valence-electron chi connectivity index (χ1n) is 13.0. The van der Waals surface area contributed by atoms with Gasteiger partial charge < -0.3 is 20.7 Å². The van der Waals surface area contributed by atoms with Crippen LogP contribution in [0.15, 0.2) is 89.8 Å². The molecular formula is C31H29N3O3S3. The number of ether oxygens (including phenoxy) is 1. The number of aryl methyl sites for hydroxylation is 1. The summed E-state index contributed by atoms with van der Waals surface area (Å²) in [4.78, 5) is 28.6. The molecule has 0 radical (unpaired) electrons. The standard InChI is InChI=1S/C31H29N3O3S3/c1-37-30(36)26-24-17-8-9-18-25(24)40-29(26)34-28(35)27(20-11-4-2-5-12-20)39-23-16-10-15-22(19-23)33-31(38)32-21-13-6-3-7-14-21/h2-7,10-16,19,27H,8-9,17-18H2,1H3,(H,34,35)(H2,32,33,38). The minimum atomic E-state index is -0.546. The SMILES string of the molecule is COC(=O)c1c(NC(=O)C(Sc2cccc(NC(=S)Nc3ccccc3)c2)c2ccccc2)sc2c1CCCC2. The Labute approximate surface area is 247 Å². The van der Waals surface area contributed by atoms with Gasteiger partial charge in [-0.1, -0.05) is 54.6 Å². The quantitative estimate of drug-likeness (QED) is 0.111. The van der Waals surface area contributed by atoms with E-state index in [9.17, 15) is 9.59 Å². The lowest BCUT2D eigenvalue weighted by atomic mass is 9.95. The number of benzene rings is 3. The maximum Gasteiger partial charge on any atom is 0.341 e. The van der Waals surface area contributed by atoms with Gasteiger partial charge in [0, 0.05) is 21.1 Å². The van der Waals surface area contributed by atoms with E-state index in [1.165, 1.54) is 30.2 Å². The molecule has 0 fully saturated rings. The van der Waals surface area contributed by atoms with E-state index in [0.717, 1.165) is 58.0 Å². The predicted molar refractivity (Wildman–Crippen MR) is 169 cm³/mol. The summed E-state index contributed by atoms with van der Waals surface area (Å²) in [6, 6.07) is 27.2. The molecule has 0 saturated heterocycles. The maximum absolute atomic E-state index is 13.8. The van der Waals surface area contributed by atoms with Gasteiger partial charge >= 0.3 is 5.97 Å². The van der Waals surface area contributed by atoms with E-state index in [0.29, 0.717) is 15.7 Å². The van der Waals surface area contributed by atoms with Crippen molar-refractivity contribution >= 4 is 68.7 Å². The molecule has 1 aliphatic carbocycles. The van der Waals surface area contributed by atoms with Crippen LogP contribution in [0.25, 0.3) is 0 Å². The summed E-state index contributed by atoms with van der Waals surface area (Å²) in [7, 11) is 1.38. The fraction of sp³-hybridized carbons (Fsp3) is 0.194. The Morgan fingerprint density at radius 2 is 1.55 bits per heavy atom. The van der Waals surface area contributed by atoms with Crippen LogP contribution >= 0.6 is 35.3 Å². The maximum atomic E-state index is 13.8. The van der Waals surface area contributed by atoms with Crippen molar-refractivity contribution in [2.45, 2.75) is 35.8 Å². The Kier molecular flexibility index (Phi) is 9.15. The molecule has 6 nitrogen and oxygen atoms in total. The number of carbonyl (C=O) groups is 2. The number of amides is 1. The van der Waals surface area contributed by atoms with Crippen molar-refractivity contribution in [2.75, 3.05) is 23.1 Å². The van der Waals surface area contributed by atoms with E-state index in [1.54, 1.807) is 0 Å². The number of hydrogen-bond donors (Lipinski definition) is 3. The van der Waals surface area contributed by atoms with Gasteiger partial charge in [-0.15, -0.1) is 23.1 Å². The first-order valence-corrected chi connectivity index (χ1v) is 15.1. The Hall–Kier alpha value is -3.66. The van der Waals surface area contributed by atoms with Crippen molar-refractivity contribution in [3.63, 3.8) is 0 Å². The third kappa shape index (κ3) is 6.72. The van der Waals surface area contributed by atoms with Crippen LogP contribution < -0.4 is 16.0 Å². The van der Waals surface area contributed by atoms with Gasteiger partial charge in [0.05, 0.1) is 12.7 Å². The Balaban J connectivity index is 1.37. The Morgan fingerprint density at radius 1 is 0.875 bits per heavy atom. The van der Waals surface area contributed by atoms with E-state index in [4.69, 9.17) is 17.0 Å². The summed E-state index contributed by atoms with van der Waals surface area (Å²) in [5, 5.41) is 9.98. The number of carbonyl (C=O) groups excluding carboxylic acids is 2. The predicted octanol–water partition coefficient (Wildman–Crippen LogP) is 7.69. The van der Waals surface area contributed by atoms with Crippen LogP contribution in [-0.2, 0) is 22.4 Å². The van der Waals surface area contributed by atoms with Crippen molar-refractivity contribution in [1.82, 2.24) is 0 Å². The second kappa shape index (κ2) is 13.1. The number of thiophene rings is 1. The van der Waals surface area contributed by atoms with Gasteiger partial charge in [-0.2, -0.15) is 0 Å². The molecule has 1 aromatic heterocycles. The first kappa shape index (κ1) is 27.9. The first-order chi connectivity index (χ1) is 19.5. The lowest BCUT2D eigenvalue weighted by Crippen LogP contribution is -2.20. The highest BCUT2D eigenvalue weighted by Crippen LogP contribution is 2.41. The van der Waals surface area contributed by atoms with Crippen LogP contribution in [0.2, 0.25) is 0 Å². The molecule has 9 heteroatoms. The van der Waals surface area contributed by atoms with Gasteiger partial charge in [-0.3, -0.25) is 4.79 Å². The summed E-state index contributed by atoms with van der Waals surface area (Å²) in [6.45, 7) is 0. The lowest BCUT2D eigenvalue weighted by Gasteiger charge is -2.18. The number of para-hydroxylation sites is 1. The van der Waals surface area contributed by atoms with Crippen molar-refractivity contribution < 1.29 is 14.3 Å². The molecule has 0 saturated carbocycles. The molecular weight excluding hydrogens is 559 g/mol. The molecule has 1 unspecified atom stereocenters. The largest absolute Gasteiger partial charge is 0.465 e. The normalized spacial score (nSPS) is 13.0. The summed E-state index contributed by atoms with van der Waals surface area (Å²) < 4.78 is 5.09. The highest BCUT2D eigenvalue weighted by molar-refractivity contribution is 8.00. The number of fused-ring (bicyclic) bond motifs is 1. The summed E-state index contributed by atoms with van der Waals surface area (Å²) >= 11 is 8.42. The summed E-state index contributed by atoms with van der Waals surface area (Å²) in [5.41, 5.74) is 4.09. The molecule has 0 spiro atoms. The summed E-state index contributed by atoms with van der Waals surface area (Å²) in [5.74, 6) is -0.600. The zero-order chi connectivity index (χ0) is 27.9. The molecule has 3 N–H and O–H groups in total. The number of thiocarbonyl (C=S) groups is 1. The zero-order valence-electron chi connectivity index (χ0n) is 21.9. The molecule has 3 aromatic carbocycles. The van der Waals surface area contributed by atoms with E-state index >= 15 is 0 Å². The fourth-order valence-corrected chi connectivity index (χ4v) is 7.25. The van der Waals surface area contributed by atoms with Crippen molar-refractivity contribution in [3.05, 3.63) is 106 Å². The third-order valence-electron chi connectivity index (χ3n) is 6.52. The number of rotatable bonds is 8. The zero-order valence-corrected chi connectivity index (χ0v) is 24.4. The molecule has 0 bridgehead atoms. The molecule has 5 rings (SSSR count). The second-order valence-electron chi connectivity index (χ2n) is 9.28. The molecule has 40 heavy (non-hydrogen) atoms. The molecule has 0 aliphatic heterocycles. The van der Waals surface area contributed by atoms with Crippen LogP contribution in [0.1, 0.15) is 44.5 Å². The van der Waals surface area contributed by atoms with Crippen LogP contribution in [0.5, 0.6) is 0 Å². The fourth-order valence-electron chi connectivity index (χ4n) is 4.65. The third-order valence-corrected chi connectivity index (χ3v) is 9.17. The second-order valence-corrected chi connectivity index (χ2v) is 12.0. The van der Waals surface area contributed by atoms with Gasteiger partial charge in [0.25, 0.3) is 0 Å². The van der Waals surface area contributed by atoms with E-state index < -0.39 is 11.2 Å². The van der Waals surface area contributed by atoms with Gasteiger partial charge in [0.1, 0.15) is 10.3 Å². The van der Waals surface area contributed by atoms with Gasteiger partial charge in [0.2, 0.25) is 5.91 Å². The number of thioether (sulfide) groups is 1. The minimum absolute atomic E-state index is 0.195. The molecule has 204 valence electrons. The highest BCUT2D eigenvalue weighted by atomic mass is 32.2. The van der Waals surface area contributed by atoms with Crippen LogP contribution in [0.3, 0.4) is 0 Å². The molecule has 1 heterocycles. The van der Waals surface area contributed by atoms with Crippen LogP contribution in [0, 0.1) is 0 Å². The van der Waals surface area contributed by atoms with Crippen molar-refractivity contribution in [2.24, 2.45) is 0 Å². The average molecular weight is 588 g/mol. The van der Waals surface area contributed by atoms with Crippen LogP contribution in [-0.4, -0.2) is 24.1 Å². The number of anilines is 3. The van der Waals surface area contributed by atoms with E-state index in [1.807, 2.05) is 84.9 Å². The van der Waals surface area contributed by atoms with Gasteiger partial charge in [-0.05, 0) is 79.4 Å². The molecule has 1 atom stereocenters. The average Bonchev–Trinajstić information content (AvgIpc) is 3.34. The number of esters is 1. The highest BCUT2D eigenvalue weighted by Gasteiger charge is 2.29. The number of hydrogen-bond acceptors (Lipinski definition) is 6. The van der Waals surface area contributed by atoms with Crippen molar-refractivity contribution in [1.29, 1.82) is 0 Å². The molecule has 1 aliphatic rings.